The molecule has 21 heavy (non-hydrogen) atoms. The lowest BCUT2D eigenvalue weighted by Gasteiger charge is -1.97. The molecule has 2 aromatic carbocycles. The SMILES string of the molecule is CS(=O)(=O)c1ccc2oc(-c3ccc(O)c(F)c3)nc2c1. The lowest BCUT2D eigenvalue weighted by Crippen LogP contribution is -1.95. The average Bonchev–Trinajstić information content (AvgIpc) is 2.83. The molecule has 0 aliphatic carbocycles. The van der Waals surface area contributed by atoms with E-state index in [0.29, 0.717) is 16.7 Å². The van der Waals surface area contributed by atoms with Crippen LogP contribution >= 0.6 is 0 Å². The van der Waals surface area contributed by atoms with Crippen molar-refractivity contribution in [3.8, 4) is 17.2 Å². The van der Waals surface area contributed by atoms with Crippen molar-refractivity contribution in [1.82, 2.24) is 4.98 Å². The lowest BCUT2D eigenvalue weighted by molar-refractivity contribution is 0.432. The molecule has 1 N–H and O–H groups in total. The first kappa shape index (κ1) is 13.6. The molecule has 108 valence electrons. The number of benzene rings is 2. The van der Waals surface area contributed by atoms with E-state index < -0.39 is 21.4 Å². The van der Waals surface area contributed by atoms with Crippen LogP contribution in [0.15, 0.2) is 45.7 Å². The highest BCUT2D eigenvalue weighted by Gasteiger charge is 2.14. The van der Waals surface area contributed by atoms with Crippen LogP contribution in [0.3, 0.4) is 0 Å². The summed E-state index contributed by atoms with van der Waals surface area (Å²) in [6.45, 7) is 0. The van der Waals surface area contributed by atoms with Crippen LogP contribution in [0.2, 0.25) is 0 Å². The van der Waals surface area contributed by atoms with Crippen LogP contribution in [0.25, 0.3) is 22.6 Å². The zero-order valence-electron chi connectivity index (χ0n) is 10.9. The minimum absolute atomic E-state index is 0.131. The topological polar surface area (TPSA) is 80.4 Å². The first-order valence-electron chi connectivity index (χ1n) is 5.94. The molecule has 3 aromatic rings. The normalized spacial score (nSPS) is 11.9. The molecule has 0 spiro atoms. The van der Waals surface area contributed by atoms with Crippen LogP contribution in [0.4, 0.5) is 4.39 Å². The Bertz CT molecular complexity index is 947. The van der Waals surface area contributed by atoms with Crippen molar-refractivity contribution in [3.05, 3.63) is 42.2 Å². The maximum Gasteiger partial charge on any atom is 0.227 e. The number of aromatic nitrogens is 1. The van der Waals surface area contributed by atoms with E-state index in [2.05, 4.69) is 4.98 Å². The molecule has 1 heterocycles. The molecule has 1 aromatic heterocycles. The van der Waals surface area contributed by atoms with Gasteiger partial charge in [-0.3, -0.25) is 0 Å². The standard InChI is InChI=1S/C14H10FNO4S/c1-21(18,19)9-3-5-13-11(7-9)16-14(20-13)8-2-4-12(17)10(15)6-8/h2-7,17H,1H3. The van der Waals surface area contributed by atoms with Gasteiger partial charge in [0.2, 0.25) is 5.89 Å². The first-order valence-corrected chi connectivity index (χ1v) is 7.83. The third-order valence-electron chi connectivity index (χ3n) is 2.98. The molecule has 0 radical (unpaired) electrons. The van der Waals surface area contributed by atoms with Gasteiger partial charge < -0.3 is 9.52 Å². The summed E-state index contributed by atoms with van der Waals surface area (Å²) >= 11 is 0. The predicted molar refractivity (Wildman–Crippen MR) is 74.2 cm³/mol. The molecule has 3 rings (SSSR count). The fourth-order valence-electron chi connectivity index (χ4n) is 1.90. The summed E-state index contributed by atoms with van der Waals surface area (Å²) in [5.74, 6) is -1.10. The second kappa shape index (κ2) is 4.56. The van der Waals surface area contributed by atoms with Gasteiger partial charge in [-0.25, -0.2) is 17.8 Å². The Labute approximate surface area is 119 Å². The number of hydrogen-bond donors (Lipinski definition) is 1. The molecule has 0 bridgehead atoms. The maximum absolute atomic E-state index is 13.3. The van der Waals surface area contributed by atoms with Gasteiger partial charge in [0.25, 0.3) is 0 Å². The molecule has 5 nitrogen and oxygen atoms in total. The van der Waals surface area contributed by atoms with E-state index in [1.165, 1.54) is 30.3 Å². The Morgan fingerprint density at radius 2 is 1.95 bits per heavy atom. The number of phenols is 1. The minimum atomic E-state index is -3.34. The van der Waals surface area contributed by atoms with Crippen LogP contribution in [-0.2, 0) is 9.84 Å². The molecule has 0 aliphatic rings. The van der Waals surface area contributed by atoms with Gasteiger partial charge >= 0.3 is 0 Å². The second-order valence-corrected chi connectivity index (χ2v) is 6.60. The number of oxazole rings is 1. The summed E-state index contributed by atoms with van der Waals surface area (Å²) in [5, 5.41) is 9.16. The van der Waals surface area contributed by atoms with Crippen molar-refractivity contribution >= 4 is 20.9 Å². The Balaban J connectivity index is 2.14. The van der Waals surface area contributed by atoms with E-state index >= 15 is 0 Å². The van der Waals surface area contributed by atoms with Crippen LogP contribution in [0.5, 0.6) is 5.75 Å². The van der Waals surface area contributed by atoms with E-state index in [-0.39, 0.29) is 10.8 Å². The predicted octanol–water partition coefficient (Wildman–Crippen LogP) is 2.74. The van der Waals surface area contributed by atoms with E-state index in [0.717, 1.165) is 12.3 Å². The van der Waals surface area contributed by atoms with Gasteiger partial charge in [0.05, 0.1) is 4.90 Å². The van der Waals surface area contributed by atoms with Crippen LogP contribution in [0.1, 0.15) is 0 Å². The monoisotopic (exact) mass is 307 g/mol. The first-order chi connectivity index (χ1) is 9.84. The lowest BCUT2D eigenvalue weighted by atomic mass is 10.2. The van der Waals surface area contributed by atoms with Crippen molar-refractivity contribution in [3.63, 3.8) is 0 Å². The number of sulfone groups is 1. The quantitative estimate of drug-likeness (QED) is 0.787. The summed E-state index contributed by atoms with van der Waals surface area (Å²) in [4.78, 5) is 4.28. The van der Waals surface area contributed by atoms with E-state index in [1.807, 2.05) is 0 Å². The number of rotatable bonds is 2. The zero-order valence-corrected chi connectivity index (χ0v) is 11.7. The van der Waals surface area contributed by atoms with Crippen molar-refractivity contribution in [2.45, 2.75) is 4.90 Å². The largest absolute Gasteiger partial charge is 0.505 e. The highest BCUT2D eigenvalue weighted by Crippen LogP contribution is 2.28. The number of fused-ring (bicyclic) bond motifs is 1. The third-order valence-corrected chi connectivity index (χ3v) is 4.09. The van der Waals surface area contributed by atoms with E-state index in [9.17, 15) is 12.8 Å². The molecular weight excluding hydrogens is 297 g/mol. The molecule has 0 unspecified atom stereocenters. The Kier molecular flexibility index (Phi) is 2.94. The second-order valence-electron chi connectivity index (χ2n) is 4.59. The molecule has 0 aliphatic heterocycles. The number of hydrogen-bond acceptors (Lipinski definition) is 5. The number of nitrogens with zero attached hydrogens (tertiary/aromatic N) is 1. The number of phenolic OH excluding ortho intramolecular Hbond substituents is 1. The third kappa shape index (κ3) is 2.47. The van der Waals surface area contributed by atoms with E-state index in [4.69, 9.17) is 9.52 Å². The highest BCUT2D eigenvalue weighted by atomic mass is 32.2. The van der Waals surface area contributed by atoms with Gasteiger partial charge in [0.1, 0.15) is 5.52 Å². The molecule has 0 atom stereocenters. The fraction of sp³-hybridized carbons (Fsp3) is 0.0714. The van der Waals surface area contributed by atoms with Gasteiger partial charge in [-0.2, -0.15) is 0 Å². The Morgan fingerprint density at radius 1 is 1.19 bits per heavy atom. The number of aromatic hydroxyl groups is 1. The Hall–Kier alpha value is -2.41. The zero-order chi connectivity index (χ0) is 15.2. The summed E-state index contributed by atoms with van der Waals surface area (Å²) in [7, 11) is -3.34. The van der Waals surface area contributed by atoms with Crippen molar-refractivity contribution < 1.29 is 22.3 Å². The molecular formula is C14H10FNO4S. The molecule has 7 heteroatoms. The van der Waals surface area contributed by atoms with Gasteiger partial charge in [0.15, 0.2) is 27.0 Å². The summed E-state index contributed by atoms with van der Waals surface area (Å²) < 4.78 is 41.8. The fourth-order valence-corrected chi connectivity index (χ4v) is 2.54. The molecule has 0 saturated heterocycles. The van der Waals surface area contributed by atoms with E-state index in [1.54, 1.807) is 0 Å². The summed E-state index contributed by atoms with van der Waals surface area (Å²) in [5.41, 5.74) is 1.11. The van der Waals surface area contributed by atoms with Crippen LogP contribution in [-0.4, -0.2) is 24.8 Å². The highest BCUT2D eigenvalue weighted by molar-refractivity contribution is 7.90. The summed E-state index contributed by atoms with van der Waals surface area (Å²) in [6, 6.07) is 8.07. The smallest absolute Gasteiger partial charge is 0.227 e. The minimum Gasteiger partial charge on any atom is -0.505 e. The van der Waals surface area contributed by atoms with Gasteiger partial charge in [0, 0.05) is 11.8 Å². The maximum atomic E-state index is 13.3. The van der Waals surface area contributed by atoms with Crippen molar-refractivity contribution in [2.24, 2.45) is 0 Å². The Morgan fingerprint density at radius 3 is 2.62 bits per heavy atom. The van der Waals surface area contributed by atoms with Crippen LogP contribution in [0, 0.1) is 5.82 Å². The van der Waals surface area contributed by atoms with Crippen LogP contribution < -0.4 is 0 Å². The average molecular weight is 307 g/mol. The number of halogens is 1. The van der Waals surface area contributed by atoms with Crippen molar-refractivity contribution in [2.75, 3.05) is 6.26 Å². The molecule has 0 fully saturated rings. The summed E-state index contributed by atoms with van der Waals surface area (Å²) in [6.07, 6.45) is 1.10. The van der Waals surface area contributed by atoms with Gasteiger partial charge in [-0.15, -0.1) is 0 Å². The molecule has 0 saturated carbocycles. The van der Waals surface area contributed by atoms with Gasteiger partial charge in [-0.05, 0) is 36.4 Å². The molecule has 0 amide bonds. The van der Waals surface area contributed by atoms with Crippen molar-refractivity contribution in [1.29, 1.82) is 0 Å². The van der Waals surface area contributed by atoms with Gasteiger partial charge in [-0.1, -0.05) is 0 Å².